The molecule has 2 aliphatic heterocycles. The molecular weight excluding hydrogens is 505 g/mol. The number of fused-ring (bicyclic) bond motifs is 1. The minimum atomic E-state index is -0.303. The van der Waals surface area contributed by atoms with Gasteiger partial charge in [-0.15, -0.1) is 11.3 Å². The van der Waals surface area contributed by atoms with Gasteiger partial charge in [-0.3, -0.25) is 19.6 Å². The Labute approximate surface area is 223 Å². The van der Waals surface area contributed by atoms with Crippen molar-refractivity contribution in [3.8, 4) is 11.3 Å². The van der Waals surface area contributed by atoms with Crippen molar-refractivity contribution >= 4 is 44.9 Å². The summed E-state index contributed by atoms with van der Waals surface area (Å²) < 4.78 is 13.3. The van der Waals surface area contributed by atoms with Crippen LogP contribution in [-0.2, 0) is 9.59 Å². The summed E-state index contributed by atoms with van der Waals surface area (Å²) in [5.41, 5.74) is 3.01. The number of amides is 2. The molecule has 2 N–H and O–H groups in total. The lowest BCUT2D eigenvalue weighted by atomic mass is 10.1. The summed E-state index contributed by atoms with van der Waals surface area (Å²) >= 11 is 1.62. The van der Waals surface area contributed by atoms with Crippen molar-refractivity contribution < 1.29 is 14.0 Å². The van der Waals surface area contributed by atoms with Gasteiger partial charge < -0.3 is 15.1 Å². The number of hydrogen-bond donors (Lipinski definition) is 2. The molecule has 2 aromatic heterocycles. The summed E-state index contributed by atoms with van der Waals surface area (Å²) in [5, 5.41) is 14.2. The summed E-state index contributed by atoms with van der Waals surface area (Å²) in [7, 11) is 0. The molecule has 1 atom stereocenters. The Balaban J connectivity index is 1.03. The van der Waals surface area contributed by atoms with E-state index in [1.165, 1.54) is 12.1 Å². The van der Waals surface area contributed by atoms with Crippen LogP contribution in [0.3, 0.4) is 0 Å². The number of rotatable bonds is 6. The largest absolute Gasteiger partial charge is 0.345 e. The van der Waals surface area contributed by atoms with Gasteiger partial charge in [-0.05, 0) is 55.4 Å². The highest BCUT2D eigenvalue weighted by Gasteiger charge is 2.31. The number of thiazole rings is 1. The van der Waals surface area contributed by atoms with Crippen molar-refractivity contribution in [1.82, 2.24) is 25.0 Å². The number of hydrogen-bond acceptors (Lipinski definition) is 7. The highest BCUT2D eigenvalue weighted by atomic mass is 32.1. The lowest BCUT2D eigenvalue weighted by Gasteiger charge is -2.35. The van der Waals surface area contributed by atoms with Crippen LogP contribution in [0.25, 0.3) is 22.2 Å². The third-order valence-electron chi connectivity index (χ3n) is 7.27. The van der Waals surface area contributed by atoms with E-state index in [1.54, 1.807) is 29.7 Å². The number of H-pyrrole nitrogens is 1. The fraction of sp³-hybridized carbons (Fsp3) is 0.333. The topological polar surface area (TPSA) is 97.5 Å². The summed E-state index contributed by atoms with van der Waals surface area (Å²) in [6.45, 7) is 4.56. The number of aromatic nitrogens is 3. The Bertz CT molecular complexity index is 1430. The summed E-state index contributed by atoms with van der Waals surface area (Å²) in [6.07, 6.45) is 2.52. The maximum absolute atomic E-state index is 13.3. The molecule has 2 aliphatic rings. The molecule has 38 heavy (non-hydrogen) atoms. The number of carbonyl (C=O) groups excluding carboxylic acids is 2. The van der Waals surface area contributed by atoms with Crippen LogP contribution in [0, 0.1) is 11.7 Å². The van der Waals surface area contributed by atoms with Crippen molar-refractivity contribution in [2.45, 2.75) is 6.42 Å². The van der Waals surface area contributed by atoms with Crippen LogP contribution in [0.5, 0.6) is 0 Å². The Hall–Kier alpha value is -3.83. The normalized spacial score (nSPS) is 18.3. The van der Waals surface area contributed by atoms with E-state index in [0.29, 0.717) is 44.0 Å². The molecule has 4 heterocycles. The predicted octanol–water partition coefficient (Wildman–Crippen LogP) is 3.43. The quantitative estimate of drug-likeness (QED) is 0.394. The maximum Gasteiger partial charge on any atom is 0.236 e. The van der Waals surface area contributed by atoms with Crippen molar-refractivity contribution in [3.05, 3.63) is 59.9 Å². The van der Waals surface area contributed by atoms with Gasteiger partial charge in [0.1, 0.15) is 5.82 Å². The molecule has 196 valence electrons. The molecule has 0 bridgehead atoms. The lowest BCUT2D eigenvalue weighted by molar-refractivity contribution is -0.132. The van der Waals surface area contributed by atoms with Gasteiger partial charge in [0.05, 0.1) is 23.7 Å². The number of piperazine rings is 1. The zero-order chi connectivity index (χ0) is 26.1. The maximum atomic E-state index is 13.3. The van der Waals surface area contributed by atoms with E-state index in [1.807, 2.05) is 28.5 Å². The second-order valence-electron chi connectivity index (χ2n) is 9.73. The molecule has 11 heteroatoms. The van der Waals surface area contributed by atoms with E-state index in [9.17, 15) is 14.0 Å². The first kappa shape index (κ1) is 24.5. The van der Waals surface area contributed by atoms with Crippen molar-refractivity contribution in [1.29, 1.82) is 0 Å². The minimum absolute atomic E-state index is 0.0526. The molecule has 2 amide bonds. The molecule has 0 aliphatic carbocycles. The van der Waals surface area contributed by atoms with Crippen molar-refractivity contribution in [2.24, 2.45) is 5.92 Å². The average Bonchev–Trinajstić information content (AvgIpc) is 3.71. The van der Waals surface area contributed by atoms with E-state index in [2.05, 4.69) is 30.3 Å². The summed E-state index contributed by atoms with van der Waals surface area (Å²) in [4.78, 5) is 36.5. The number of nitrogens with one attached hydrogen (secondary N) is 2. The first-order valence-electron chi connectivity index (χ1n) is 12.7. The SMILES string of the molecule is O=C(Nc1ccc2[nH]nc(-c3ccc(F)cc3)c2c1)[C@@H]1CCN(CC(=O)N2CCN(c3nccs3)CC2)C1. The van der Waals surface area contributed by atoms with Crippen LogP contribution >= 0.6 is 11.3 Å². The molecule has 0 radical (unpaired) electrons. The summed E-state index contributed by atoms with van der Waals surface area (Å²) in [5.74, 6) is -0.420. The highest BCUT2D eigenvalue weighted by molar-refractivity contribution is 7.13. The number of nitrogens with zero attached hydrogens (tertiary/aromatic N) is 5. The number of likely N-dealkylation sites (tertiary alicyclic amines) is 1. The van der Waals surface area contributed by atoms with Crippen LogP contribution in [0.4, 0.5) is 15.2 Å². The standard InChI is InChI=1S/C27H28FN7O2S/c28-20-3-1-18(2-4-20)25-22-15-21(5-6-23(22)31-32-25)30-26(37)19-7-9-33(16-19)17-24(36)34-10-12-35(13-11-34)27-29-8-14-38-27/h1-6,8,14-15,19H,7,9-13,16-17H2,(H,30,37)(H,31,32)/t19-/m1/s1. The molecule has 2 saturated heterocycles. The van der Waals surface area contributed by atoms with Gasteiger partial charge in [0, 0.05) is 60.9 Å². The van der Waals surface area contributed by atoms with E-state index in [4.69, 9.17) is 0 Å². The molecule has 0 unspecified atom stereocenters. The molecule has 4 aromatic rings. The second-order valence-corrected chi connectivity index (χ2v) is 10.6. The Kier molecular flexibility index (Phi) is 6.77. The zero-order valence-corrected chi connectivity index (χ0v) is 21.6. The molecule has 0 spiro atoms. The Morgan fingerprint density at radius 3 is 2.66 bits per heavy atom. The van der Waals surface area contributed by atoms with Gasteiger partial charge in [-0.25, -0.2) is 9.37 Å². The molecule has 2 aromatic carbocycles. The average molecular weight is 534 g/mol. The third kappa shape index (κ3) is 5.11. The first-order chi connectivity index (χ1) is 18.5. The molecule has 0 saturated carbocycles. The van der Waals surface area contributed by atoms with Crippen LogP contribution in [0.2, 0.25) is 0 Å². The van der Waals surface area contributed by atoms with Crippen molar-refractivity contribution in [3.63, 3.8) is 0 Å². The van der Waals surface area contributed by atoms with Gasteiger partial charge in [-0.2, -0.15) is 5.10 Å². The Morgan fingerprint density at radius 2 is 1.89 bits per heavy atom. The van der Waals surface area contributed by atoms with Gasteiger partial charge in [-0.1, -0.05) is 0 Å². The number of anilines is 2. The molecule has 6 rings (SSSR count). The summed E-state index contributed by atoms with van der Waals surface area (Å²) in [6, 6.07) is 11.8. The molecule has 2 fully saturated rings. The highest BCUT2D eigenvalue weighted by Crippen LogP contribution is 2.29. The fourth-order valence-corrected chi connectivity index (χ4v) is 5.86. The van der Waals surface area contributed by atoms with Crippen LogP contribution < -0.4 is 10.2 Å². The van der Waals surface area contributed by atoms with Crippen LogP contribution in [-0.4, -0.2) is 82.6 Å². The Morgan fingerprint density at radius 1 is 1.08 bits per heavy atom. The third-order valence-corrected chi connectivity index (χ3v) is 8.10. The van der Waals surface area contributed by atoms with Gasteiger partial charge >= 0.3 is 0 Å². The molecular formula is C27H28FN7O2S. The second kappa shape index (κ2) is 10.5. The first-order valence-corrected chi connectivity index (χ1v) is 13.6. The smallest absolute Gasteiger partial charge is 0.236 e. The number of carbonyl (C=O) groups is 2. The predicted molar refractivity (Wildman–Crippen MR) is 146 cm³/mol. The van der Waals surface area contributed by atoms with Gasteiger partial charge in [0.15, 0.2) is 5.13 Å². The van der Waals surface area contributed by atoms with Gasteiger partial charge in [0.25, 0.3) is 0 Å². The fourth-order valence-electron chi connectivity index (χ4n) is 5.16. The minimum Gasteiger partial charge on any atom is -0.345 e. The van der Waals surface area contributed by atoms with Gasteiger partial charge in [0.2, 0.25) is 11.8 Å². The molecule has 9 nitrogen and oxygen atoms in total. The monoisotopic (exact) mass is 533 g/mol. The zero-order valence-electron chi connectivity index (χ0n) is 20.8. The van der Waals surface area contributed by atoms with Crippen LogP contribution in [0.15, 0.2) is 54.0 Å². The van der Waals surface area contributed by atoms with E-state index < -0.39 is 0 Å². The van der Waals surface area contributed by atoms with E-state index in [0.717, 1.165) is 41.2 Å². The number of aromatic amines is 1. The van der Waals surface area contributed by atoms with Crippen molar-refractivity contribution in [2.75, 3.05) is 56.0 Å². The van der Waals surface area contributed by atoms with E-state index in [-0.39, 0.29) is 23.5 Å². The van der Waals surface area contributed by atoms with Crippen LogP contribution in [0.1, 0.15) is 6.42 Å². The van der Waals surface area contributed by atoms with E-state index >= 15 is 0 Å². The number of halogens is 1. The number of benzene rings is 2. The lowest BCUT2D eigenvalue weighted by Crippen LogP contribution is -2.51.